The minimum atomic E-state index is -3.10. The molecule has 0 amide bonds. The van der Waals surface area contributed by atoms with E-state index in [1.165, 1.54) is 0 Å². The Bertz CT molecular complexity index is 312. The minimum Gasteiger partial charge on any atom is -0.212 e. The molecular weight excluding hydrogens is 198 g/mol. The third-order valence-corrected chi connectivity index (χ3v) is 3.96. The Balaban J connectivity index is 2.42. The Hall–Kier alpha value is -0.530. The number of terminal acetylenes is 1. The maximum absolute atomic E-state index is 11.5. The summed E-state index contributed by atoms with van der Waals surface area (Å²) in [6, 6.07) is -0.0938. The first kappa shape index (κ1) is 11.5. The fourth-order valence-corrected chi connectivity index (χ4v) is 3.12. The number of rotatable bonds is 6. The zero-order valence-electron chi connectivity index (χ0n) is 8.49. The molecule has 1 saturated carbocycles. The van der Waals surface area contributed by atoms with Crippen molar-refractivity contribution in [1.29, 1.82) is 0 Å². The minimum absolute atomic E-state index is 0.0938. The lowest BCUT2D eigenvalue weighted by atomic mass is 10.2. The molecule has 1 N–H and O–H groups in total. The molecule has 14 heavy (non-hydrogen) atoms. The van der Waals surface area contributed by atoms with Gasteiger partial charge in [0.1, 0.15) is 0 Å². The molecule has 0 aromatic carbocycles. The van der Waals surface area contributed by atoms with Crippen molar-refractivity contribution in [3.05, 3.63) is 0 Å². The van der Waals surface area contributed by atoms with Crippen LogP contribution in [0.15, 0.2) is 0 Å². The summed E-state index contributed by atoms with van der Waals surface area (Å²) in [5.41, 5.74) is 0. The average Bonchev–Trinajstić information content (AvgIpc) is 2.86. The van der Waals surface area contributed by atoms with Crippen LogP contribution in [0.2, 0.25) is 0 Å². The summed E-state index contributed by atoms with van der Waals surface area (Å²) in [5, 5.41) is 0. The highest BCUT2D eigenvalue weighted by Crippen LogP contribution is 2.30. The van der Waals surface area contributed by atoms with E-state index >= 15 is 0 Å². The van der Waals surface area contributed by atoms with Crippen LogP contribution in [0, 0.1) is 18.3 Å². The van der Waals surface area contributed by atoms with E-state index in [9.17, 15) is 8.42 Å². The second kappa shape index (κ2) is 4.81. The van der Waals surface area contributed by atoms with Gasteiger partial charge in [0.2, 0.25) is 10.0 Å². The zero-order chi connectivity index (χ0) is 10.6. The molecule has 3 nitrogen and oxygen atoms in total. The van der Waals surface area contributed by atoms with Crippen molar-refractivity contribution < 1.29 is 8.42 Å². The number of hydrogen-bond acceptors (Lipinski definition) is 2. The second-order valence-electron chi connectivity index (χ2n) is 3.86. The Kier molecular flexibility index (Phi) is 3.97. The SMILES string of the molecule is C#CCC(CC)NS(=O)(=O)CC1CC1. The lowest BCUT2D eigenvalue weighted by Gasteiger charge is -2.13. The molecule has 0 saturated heterocycles. The molecule has 4 heteroatoms. The van der Waals surface area contributed by atoms with Crippen LogP contribution in [0.25, 0.3) is 0 Å². The van der Waals surface area contributed by atoms with E-state index < -0.39 is 10.0 Å². The third kappa shape index (κ3) is 4.12. The predicted octanol–water partition coefficient (Wildman–Crippen LogP) is 1.12. The lowest BCUT2D eigenvalue weighted by Crippen LogP contribution is -2.36. The first-order valence-electron chi connectivity index (χ1n) is 5.01. The molecule has 0 radical (unpaired) electrons. The van der Waals surface area contributed by atoms with Gasteiger partial charge in [-0.25, -0.2) is 13.1 Å². The molecule has 1 atom stereocenters. The van der Waals surface area contributed by atoms with Crippen LogP contribution >= 0.6 is 0 Å². The molecular formula is C10H17NO2S. The topological polar surface area (TPSA) is 46.2 Å². The van der Waals surface area contributed by atoms with E-state index in [1.54, 1.807) is 0 Å². The monoisotopic (exact) mass is 215 g/mol. The summed E-state index contributed by atoms with van der Waals surface area (Å²) in [6.45, 7) is 1.93. The number of hydrogen-bond donors (Lipinski definition) is 1. The van der Waals surface area contributed by atoms with Crippen LogP contribution in [0.4, 0.5) is 0 Å². The highest BCUT2D eigenvalue weighted by atomic mass is 32.2. The van der Waals surface area contributed by atoms with Gasteiger partial charge >= 0.3 is 0 Å². The second-order valence-corrected chi connectivity index (χ2v) is 5.65. The lowest BCUT2D eigenvalue weighted by molar-refractivity contribution is 0.541. The quantitative estimate of drug-likeness (QED) is 0.675. The maximum atomic E-state index is 11.5. The van der Waals surface area contributed by atoms with Crippen molar-refractivity contribution in [3.63, 3.8) is 0 Å². The first-order valence-corrected chi connectivity index (χ1v) is 6.66. The van der Waals surface area contributed by atoms with E-state index in [1.807, 2.05) is 6.92 Å². The van der Waals surface area contributed by atoms with Gasteiger partial charge in [0.15, 0.2) is 0 Å². The Morgan fingerprint density at radius 1 is 1.57 bits per heavy atom. The Labute approximate surface area is 86.3 Å². The van der Waals surface area contributed by atoms with Crippen LogP contribution in [0.1, 0.15) is 32.6 Å². The van der Waals surface area contributed by atoms with E-state index in [4.69, 9.17) is 6.42 Å². The van der Waals surface area contributed by atoms with Crippen LogP contribution in [-0.2, 0) is 10.0 Å². The standard InChI is InChI=1S/C10H17NO2S/c1-3-5-10(4-2)11-14(12,13)8-9-6-7-9/h1,9-11H,4-8H2,2H3. The van der Waals surface area contributed by atoms with Crippen molar-refractivity contribution in [1.82, 2.24) is 4.72 Å². The van der Waals surface area contributed by atoms with Crippen molar-refractivity contribution in [2.75, 3.05) is 5.75 Å². The van der Waals surface area contributed by atoms with Gasteiger partial charge in [-0.3, -0.25) is 0 Å². The maximum Gasteiger partial charge on any atom is 0.212 e. The largest absolute Gasteiger partial charge is 0.212 e. The highest BCUT2D eigenvalue weighted by molar-refractivity contribution is 7.89. The van der Waals surface area contributed by atoms with Gasteiger partial charge in [-0.2, -0.15) is 0 Å². The van der Waals surface area contributed by atoms with Crippen LogP contribution in [0.5, 0.6) is 0 Å². The van der Waals surface area contributed by atoms with Crippen molar-refractivity contribution in [3.8, 4) is 12.3 Å². The van der Waals surface area contributed by atoms with Gasteiger partial charge in [0.25, 0.3) is 0 Å². The van der Waals surface area contributed by atoms with Gasteiger partial charge in [-0.15, -0.1) is 12.3 Å². The molecule has 1 unspecified atom stereocenters. The smallest absolute Gasteiger partial charge is 0.212 e. The molecule has 1 fully saturated rings. The third-order valence-electron chi connectivity index (χ3n) is 2.36. The number of nitrogens with one attached hydrogen (secondary N) is 1. The fraction of sp³-hybridized carbons (Fsp3) is 0.800. The Morgan fingerprint density at radius 3 is 2.64 bits per heavy atom. The van der Waals surface area contributed by atoms with Gasteiger partial charge in [-0.1, -0.05) is 6.92 Å². The van der Waals surface area contributed by atoms with Crippen LogP contribution in [-0.4, -0.2) is 20.2 Å². The van der Waals surface area contributed by atoms with E-state index in [0.717, 1.165) is 19.3 Å². The molecule has 0 aromatic heterocycles. The summed E-state index contributed by atoms with van der Waals surface area (Å²) >= 11 is 0. The average molecular weight is 215 g/mol. The zero-order valence-corrected chi connectivity index (χ0v) is 9.31. The Morgan fingerprint density at radius 2 is 2.21 bits per heavy atom. The van der Waals surface area contributed by atoms with E-state index in [2.05, 4.69) is 10.6 Å². The molecule has 80 valence electrons. The first-order chi connectivity index (χ1) is 6.57. The fourth-order valence-electron chi connectivity index (χ4n) is 1.31. The highest BCUT2D eigenvalue weighted by Gasteiger charge is 2.28. The van der Waals surface area contributed by atoms with Crippen molar-refractivity contribution in [2.45, 2.75) is 38.6 Å². The van der Waals surface area contributed by atoms with Crippen LogP contribution in [0.3, 0.4) is 0 Å². The summed E-state index contributed by atoms with van der Waals surface area (Å²) < 4.78 is 25.7. The molecule has 0 aliphatic heterocycles. The molecule has 1 rings (SSSR count). The van der Waals surface area contributed by atoms with Gasteiger partial charge in [0.05, 0.1) is 5.75 Å². The molecule has 1 aliphatic rings. The van der Waals surface area contributed by atoms with Crippen molar-refractivity contribution in [2.24, 2.45) is 5.92 Å². The van der Waals surface area contributed by atoms with Gasteiger partial charge in [0, 0.05) is 12.5 Å². The van der Waals surface area contributed by atoms with E-state index in [-0.39, 0.29) is 11.8 Å². The van der Waals surface area contributed by atoms with Crippen LogP contribution < -0.4 is 4.72 Å². The summed E-state index contributed by atoms with van der Waals surface area (Å²) in [4.78, 5) is 0. The summed E-state index contributed by atoms with van der Waals surface area (Å²) in [6.07, 6.45) is 8.47. The van der Waals surface area contributed by atoms with E-state index in [0.29, 0.717) is 12.3 Å². The van der Waals surface area contributed by atoms with Crippen molar-refractivity contribution >= 4 is 10.0 Å². The summed E-state index contributed by atoms with van der Waals surface area (Å²) in [5.74, 6) is 3.14. The summed E-state index contributed by atoms with van der Waals surface area (Å²) in [7, 11) is -3.10. The molecule has 0 aromatic rings. The normalized spacial score (nSPS) is 18.9. The number of sulfonamides is 1. The predicted molar refractivity (Wildman–Crippen MR) is 57.2 cm³/mol. The molecule has 0 heterocycles. The molecule has 0 bridgehead atoms. The van der Waals surface area contributed by atoms with Gasteiger partial charge < -0.3 is 0 Å². The molecule has 1 aliphatic carbocycles. The molecule has 0 spiro atoms. The van der Waals surface area contributed by atoms with Gasteiger partial charge in [-0.05, 0) is 25.2 Å².